The van der Waals surface area contributed by atoms with Gasteiger partial charge in [0.2, 0.25) is 10.0 Å². The number of nitrogens with one attached hydrogen (secondary N) is 1. The average Bonchev–Trinajstić information content (AvgIpc) is 2.22. The van der Waals surface area contributed by atoms with Crippen molar-refractivity contribution in [3.63, 3.8) is 0 Å². The lowest BCUT2D eigenvalue weighted by atomic mass is 10.3. The van der Waals surface area contributed by atoms with E-state index in [2.05, 4.69) is 20.7 Å². The van der Waals surface area contributed by atoms with Crippen molar-refractivity contribution >= 4 is 60.8 Å². The summed E-state index contributed by atoms with van der Waals surface area (Å²) in [7, 11) is -3.70. The fraction of sp³-hybridized carbons (Fsp3) is 0.400. The number of rotatable bonds is 6. The van der Waals surface area contributed by atoms with Gasteiger partial charge in [-0.15, -0.1) is 11.6 Å². The number of benzene rings is 1. The first-order valence-electron chi connectivity index (χ1n) is 5.08. The Morgan fingerprint density at radius 2 is 1.72 bits per heavy atom. The van der Waals surface area contributed by atoms with Gasteiger partial charge in [0.15, 0.2) is 0 Å². The summed E-state index contributed by atoms with van der Waals surface area (Å²) in [6.07, 6.45) is 1.40. The van der Waals surface area contributed by atoms with Gasteiger partial charge in [-0.1, -0.05) is 39.1 Å². The van der Waals surface area contributed by atoms with E-state index in [0.717, 1.165) is 6.42 Å². The van der Waals surface area contributed by atoms with Gasteiger partial charge in [0, 0.05) is 16.9 Å². The highest BCUT2D eigenvalue weighted by atomic mass is 79.9. The number of hydrogen-bond acceptors (Lipinski definition) is 2. The Bertz CT molecular complexity index is 499. The molecule has 1 aromatic carbocycles. The van der Waals surface area contributed by atoms with Crippen molar-refractivity contribution in [3.8, 4) is 0 Å². The van der Waals surface area contributed by atoms with Crippen molar-refractivity contribution in [2.75, 3.05) is 12.4 Å². The van der Waals surface area contributed by atoms with Crippen molar-refractivity contribution in [1.82, 2.24) is 4.72 Å². The SMILES string of the molecule is O=S(=O)(NCCCCCl)c1c(Cl)cc(Br)cc1Cl. The topological polar surface area (TPSA) is 46.2 Å². The third kappa shape index (κ3) is 4.54. The van der Waals surface area contributed by atoms with Crippen LogP contribution >= 0.6 is 50.7 Å². The molecule has 0 heterocycles. The minimum Gasteiger partial charge on any atom is -0.211 e. The quantitative estimate of drug-likeness (QED) is 0.583. The zero-order valence-electron chi connectivity index (χ0n) is 9.22. The molecule has 1 aromatic rings. The van der Waals surface area contributed by atoms with Gasteiger partial charge in [0.05, 0.1) is 10.0 Å². The van der Waals surface area contributed by atoms with Gasteiger partial charge in [-0.3, -0.25) is 0 Å². The van der Waals surface area contributed by atoms with Crippen LogP contribution in [0.4, 0.5) is 0 Å². The highest BCUT2D eigenvalue weighted by Gasteiger charge is 2.21. The van der Waals surface area contributed by atoms with Crippen LogP contribution in [0.3, 0.4) is 0 Å². The summed E-state index contributed by atoms with van der Waals surface area (Å²) in [5, 5.41) is 0.165. The second-order valence-electron chi connectivity index (χ2n) is 3.49. The number of alkyl halides is 1. The average molecular weight is 396 g/mol. The molecule has 18 heavy (non-hydrogen) atoms. The fourth-order valence-electron chi connectivity index (χ4n) is 1.28. The largest absolute Gasteiger partial charge is 0.243 e. The molecule has 0 bridgehead atoms. The molecule has 0 amide bonds. The lowest BCUT2D eigenvalue weighted by Gasteiger charge is -2.10. The Morgan fingerprint density at radius 1 is 1.17 bits per heavy atom. The van der Waals surface area contributed by atoms with Crippen LogP contribution in [0, 0.1) is 0 Å². The van der Waals surface area contributed by atoms with Crippen LogP contribution in [-0.2, 0) is 10.0 Å². The number of sulfonamides is 1. The van der Waals surface area contributed by atoms with Gasteiger partial charge in [-0.05, 0) is 25.0 Å². The molecule has 3 nitrogen and oxygen atoms in total. The van der Waals surface area contributed by atoms with E-state index in [0.29, 0.717) is 23.3 Å². The smallest absolute Gasteiger partial charge is 0.211 e. The molecule has 102 valence electrons. The van der Waals surface area contributed by atoms with Crippen LogP contribution in [0.5, 0.6) is 0 Å². The minimum atomic E-state index is -3.70. The molecule has 0 radical (unpaired) electrons. The van der Waals surface area contributed by atoms with Crippen LogP contribution in [0.1, 0.15) is 12.8 Å². The Kier molecular flexibility index (Phi) is 6.72. The molecule has 0 aliphatic heterocycles. The van der Waals surface area contributed by atoms with Gasteiger partial charge >= 0.3 is 0 Å². The van der Waals surface area contributed by atoms with E-state index in [1.165, 1.54) is 12.1 Å². The second-order valence-corrected chi connectivity index (χ2v) is 7.30. The van der Waals surface area contributed by atoms with E-state index in [-0.39, 0.29) is 14.9 Å². The maximum Gasteiger partial charge on any atom is 0.243 e. The molecule has 0 saturated carbocycles. The molecule has 0 unspecified atom stereocenters. The molecule has 0 saturated heterocycles. The lowest BCUT2D eigenvalue weighted by molar-refractivity contribution is 0.578. The van der Waals surface area contributed by atoms with E-state index in [1.807, 2.05) is 0 Å². The van der Waals surface area contributed by atoms with Crippen LogP contribution in [0.2, 0.25) is 10.0 Å². The lowest BCUT2D eigenvalue weighted by Crippen LogP contribution is -2.25. The summed E-state index contributed by atoms with van der Waals surface area (Å²) < 4.78 is 27.1. The molecule has 0 aliphatic rings. The molecule has 0 fully saturated rings. The third-order valence-corrected chi connectivity index (χ3v) is 5.19. The Balaban J connectivity index is 2.92. The van der Waals surface area contributed by atoms with Gasteiger partial charge in [-0.25, -0.2) is 13.1 Å². The van der Waals surface area contributed by atoms with Crippen LogP contribution in [-0.4, -0.2) is 20.8 Å². The van der Waals surface area contributed by atoms with Crippen LogP contribution in [0.15, 0.2) is 21.5 Å². The number of unbranched alkanes of at least 4 members (excludes halogenated alkanes) is 1. The first-order chi connectivity index (χ1) is 8.38. The molecule has 0 spiro atoms. The van der Waals surface area contributed by atoms with E-state index >= 15 is 0 Å². The highest BCUT2D eigenvalue weighted by molar-refractivity contribution is 9.10. The Hall–Kier alpha value is 0.480. The zero-order valence-corrected chi connectivity index (χ0v) is 13.9. The minimum absolute atomic E-state index is 0.0826. The van der Waals surface area contributed by atoms with E-state index in [1.54, 1.807) is 0 Å². The first kappa shape index (κ1) is 16.5. The third-order valence-electron chi connectivity index (χ3n) is 2.08. The maximum atomic E-state index is 12.0. The summed E-state index contributed by atoms with van der Waals surface area (Å²) in [6, 6.07) is 2.97. The van der Waals surface area contributed by atoms with Gasteiger partial charge in [-0.2, -0.15) is 0 Å². The molecule has 0 aromatic heterocycles. The second kappa shape index (κ2) is 7.31. The maximum absolute atomic E-state index is 12.0. The summed E-state index contributed by atoms with van der Waals surface area (Å²) in [5.41, 5.74) is 0. The number of halogens is 4. The van der Waals surface area contributed by atoms with Crippen LogP contribution in [0.25, 0.3) is 0 Å². The molecule has 1 rings (SSSR count). The Morgan fingerprint density at radius 3 is 2.22 bits per heavy atom. The van der Waals surface area contributed by atoms with Crippen molar-refractivity contribution in [2.45, 2.75) is 17.7 Å². The summed E-state index contributed by atoms with van der Waals surface area (Å²) in [4.78, 5) is -0.0973. The van der Waals surface area contributed by atoms with E-state index in [4.69, 9.17) is 34.8 Å². The summed E-state index contributed by atoms with van der Waals surface area (Å²) in [5.74, 6) is 0.502. The standard InChI is InChI=1S/C10H11BrCl3NO2S/c11-7-5-8(13)10(9(14)6-7)18(16,17)15-4-2-1-3-12/h5-6,15H,1-4H2. The zero-order chi connectivity index (χ0) is 13.8. The Labute approximate surface area is 130 Å². The summed E-state index contributed by atoms with van der Waals surface area (Å²) >= 11 is 20.5. The normalized spacial score (nSPS) is 11.8. The van der Waals surface area contributed by atoms with E-state index < -0.39 is 10.0 Å². The summed E-state index contributed by atoms with van der Waals surface area (Å²) in [6.45, 7) is 0.303. The first-order valence-corrected chi connectivity index (χ1v) is 8.65. The van der Waals surface area contributed by atoms with Gasteiger partial charge in [0.25, 0.3) is 0 Å². The van der Waals surface area contributed by atoms with Crippen molar-refractivity contribution in [1.29, 1.82) is 0 Å². The van der Waals surface area contributed by atoms with Crippen molar-refractivity contribution in [3.05, 3.63) is 26.7 Å². The van der Waals surface area contributed by atoms with Gasteiger partial charge < -0.3 is 0 Å². The van der Waals surface area contributed by atoms with Crippen molar-refractivity contribution in [2.24, 2.45) is 0 Å². The molecule has 8 heteroatoms. The molecule has 1 N–H and O–H groups in total. The monoisotopic (exact) mass is 393 g/mol. The highest BCUT2D eigenvalue weighted by Crippen LogP contribution is 2.32. The predicted molar refractivity (Wildman–Crippen MR) is 79.3 cm³/mol. The van der Waals surface area contributed by atoms with E-state index in [9.17, 15) is 8.42 Å². The van der Waals surface area contributed by atoms with Crippen LogP contribution < -0.4 is 4.72 Å². The molecular formula is C10H11BrCl3NO2S. The van der Waals surface area contributed by atoms with Crippen molar-refractivity contribution < 1.29 is 8.42 Å². The molecule has 0 atom stereocenters. The fourth-order valence-corrected chi connectivity index (χ4v) is 4.48. The predicted octanol–water partition coefficient (Wildman–Crippen LogP) is 4.05. The van der Waals surface area contributed by atoms with Gasteiger partial charge in [0.1, 0.15) is 4.90 Å². The number of hydrogen-bond donors (Lipinski definition) is 1. The molecular weight excluding hydrogens is 384 g/mol. The molecule has 0 aliphatic carbocycles.